The van der Waals surface area contributed by atoms with Crippen LogP contribution < -0.4 is 5.76 Å². The third kappa shape index (κ3) is 3.66. The van der Waals surface area contributed by atoms with E-state index < -0.39 is 5.76 Å². The van der Waals surface area contributed by atoms with E-state index in [2.05, 4.69) is 0 Å². The van der Waals surface area contributed by atoms with Gasteiger partial charge in [0.05, 0.1) is 5.52 Å². The number of amides is 2. The molecule has 3 rings (SSSR count). The van der Waals surface area contributed by atoms with Gasteiger partial charge in [0.25, 0.3) is 5.91 Å². The first-order valence-corrected chi connectivity index (χ1v) is 9.03. The van der Waals surface area contributed by atoms with Crippen LogP contribution in [0.2, 0.25) is 0 Å². The van der Waals surface area contributed by atoms with Crippen molar-refractivity contribution in [2.75, 3.05) is 26.2 Å². The molecule has 1 aliphatic heterocycles. The number of nitrogens with zero attached hydrogens (tertiary/aromatic N) is 3. The van der Waals surface area contributed by atoms with E-state index in [0.717, 1.165) is 6.42 Å². The Balaban J connectivity index is 1.73. The van der Waals surface area contributed by atoms with E-state index in [4.69, 9.17) is 4.42 Å². The number of oxazole rings is 1. The van der Waals surface area contributed by atoms with Gasteiger partial charge >= 0.3 is 5.76 Å². The molecule has 1 saturated heterocycles. The lowest BCUT2D eigenvalue weighted by Crippen LogP contribution is -2.37. The highest BCUT2D eigenvalue weighted by Crippen LogP contribution is 2.17. The summed E-state index contributed by atoms with van der Waals surface area (Å²) in [5.74, 6) is -0.0432. The largest absolute Gasteiger partial charge is 0.419 e. The van der Waals surface area contributed by atoms with Gasteiger partial charge in [0.15, 0.2) is 5.58 Å². The van der Waals surface area contributed by atoms with Gasteiger partial charge in [-0.2, -0.15) is 0 Å². The zero-order chi connectivity index (χ0) is 18.8. The average Bonchev–Trinajstić information content (AvgIpc) is 2.79. The van der Waals surface area contributed by atoms with E-state index in [1.165, 1.54) is 4.57 Å². The first kappa shape index (κ1) is 18.2. The number of rotatable bonds is 3. The zero-order valence-electron chi connectivity index (χ0n) is 15.5. The average molecular weight is 359 g/mol. The quantitative estimate of drug-likeness (QED) is 0.838. The van der Waals surface area contributed by atoms with E-state index in [-0.39, 0.29) is 11.8 Å². The summed E-state index contributed by atoms with van der Waals surface area (Å²) in [6, 6.07) is 5.02. The molecule has 1 fully saturated rings. The van der Waals surface area contributed by atoms with E-state index in [9.17, 15) is 14.4 Å². The number of benzene rings is 1. The molecule has 140 valence electrons. The van der Waals surface area contributed by atoms with Gasteiger partial charge in [0.2, 0.25) is 5.91 Å². The second kappa shape index (κ2) is 7.35. The Labute approximate surface area is 152 Å². The molecule has 0 N–H and O–H groups in total. The SMILES string of the molecule is CC(C)CC(=O)N1CCCN(C(=O)c2ccc3oc(=O)n(C)c3c2)CC1. The summed E-state index contributed by atoms with van der Waals surface area (Å²) in [4.78, 5) is 40.4. The second-order valence-electron chi connectivity index (χ2n) is 7.23. The first-order chi connectivity index (χ1) is 12.4. The molecule has 1 aromatic carbocycles. The van der Waals surface area contributed by atoms with Crippen molar-refractivity contribution in [2.24, 2.45) is 13.0 Å². The lowest BCUT2D eigenvalue weighted by atomic mass is 10.1. The maximum absolute atomic E-state index is 12.9. The minimum Gasteiger partial charge on any atom is -0.408 e. The highest BCUT2D eigenvalue weighted by atomic mass is 16.4. The highest BCUT2D eigenvalue weighted by Gasteiger charge is 2.23. The maximum Gasteiger partial charge on any atom is 0.419 e. The lowest BCUT2D eigenvalue weighted by molar-refractivity contribution is -0.131. The molecule has 0 bridgehead atoms. The summed E-state index contributed by atoms with van der Waals surface area (Å²) in [6.07, 6.45) is 1.31. The van der Waals surface area contributed by atoms with Crippen LogP contribution in [0.3, 0.4) is 0 Å². The number of aryl methyl sites for hydroxylation is 1. The molecule has 1 aromatic heterocycles. The Morgan fingerprint density at radius 1 is 1.12 bits per heavy atom. The van der Waals surface area contributed by atoms with Crippen LogP contribution in [0.25, 0.3) is 11.1 Å². The molecule has 2 heterocycles. The van der Waals surface area contributed by atoms with Crippen molar-refractivity contribution in [1.82, 2.24) is 14.4 Å². The van der Waals surface area contributed by atoms with Crippen LogP contribution in [0, 0.1) is 5.92 Å². The van der Waals surface area contributed by atoms with Crippen LogP contribution >= 0.6 is 0 Å². The third-order valence-corrected chi connectivity index (χ3v) is 4.76. The Morgan fingerprint density at radius 3 is 2.54 bits per heavy atom. The number of carbonyl (C=O) groups is 2. The van der Waals surface area contributed by atoms with Crippen molar-refractivity contribution in [2.45, 2.75) is 26.7 Å². The van der Waals surface area contributed by atoms with Crippen LogP contribution in [-0.2, 0) is 11.8 Å². The Bertz CT molecular complexity index is 881. The summed E-state index contributed by atoms with van der Waals surface area (Å²) in [5.41, 5.74) is 1.59. The fraction of sp³-hybridized carbons (Fsp3) is 0.526. The molecule has 0 aliphatic carbocycles. The van der Waals surface area contributed by atoms with Crippen molar-refractivity contribution in [3.63, 3.8) is 0 Å². The number of hydrogen-bond donors (Lipinski definition) is 0. The predicted molar refractivity (Wildman–Crippen MR) is 98.0 cm³/mol. The fourth-order valence-corrected chi connectivity index (χ4v) is 3.29. The molecule has 7 heteroatoms. The number of carbonyl (C=O) groups excluding carboxylic acids is 2. The van der Waals surface area contributed by atoms with Crippen molar-refractivity contribution >= 4 is 22.9 Å². The second-order valence-corrected chi connectivity index (χ2v) is 7.23. The summed E-state index contributed by atoms with van der Waals surface area (Å²) >= 11 is 0. The molecule has 26 heavy (non-hydrogen) atoms. The van der Waals surface area contributed by atoms with Crippen LogP contribution in [0.15, 0.2) is 27.4 Å². The molecule has 7 nitrogen and oxygen atoms in total. The van der Waals surface area contributed by atoms with E-state index in [1.54, 1.807) is 30.1 Å². The van der Waals surface area contributed by atoms with Crippen LogP contribution in [0.4, 0.5) is 0 Å². The van der Waals surface area contributed by atoms with Crippen molar-refractivity contribution in [3.8, 4) is 0 Å². The smallest absolute Gasteiger partial charge is 0.408 e. The normalized spacial score (nSPS) is 15.5. The maximum atomic E-state index is 12.9. The first-order valence-electron chi connectivity index (χ1n) is 9.03. The zero-order valence-corrected chi connectivity index (χ0v) is 15.5. The van der Waals surface area contributed by atoms with Gasteiger partial charge in [0.1, 0.15) is 0 Å². The predicted octanol–water partition coefficient (Wildman–Crippen LogP) is 1.85. The van der Waals surface area contributed by atoms with Gasteiger partial charge < -0.3 is 14.2 Å². The van der Waals surface area contributed by atoms with Crippen LogP contribution in [0.5, 0.6) is 0 Å². The minimum atomic E-state index is -0.446. The Hall–Kier alpha value is -2.57. The van der Waals surface area contributed by atoms with E-state index in [1.807, 2.05) is 18.7 Å². The third-order valence-electron chi connectivity index (χ3n) is 4.76. The Kier molecular flexibility index (Phi) is 5.15. The summed E-state index contributed by atoms with van der Waals surface area (Å²) < 4.78 is 6.50. The molecular weight excluding hydrogens is 334 g/mol. The van der Waals surface area contributed by atoms with Gasteiger partial charge in [-0.25, -0.2) is 4.79 Å². The van der Waals surface area contributed by atoms with Crippen LogP contribution in [-0.4, -0.2) is 52.4 Å². The molecule has 2 amide bonds. The topological polar surface area (TPSA) is 75.8 Å². The van der Waals surface area contributed by atoms with Gasteiger partial charge in [-0.15, -0.1) is 0 Å². The highest BCUT2D eigenvalue weighted by molar-refractivity contribution is 5.97. The van der Waals surface area contributed by atoms with E-state index in [0.29, 0.717) is 55.2 Å². The summed E-state index contributed by atoms with van der Waals surface area (Å²) in [7, 11) is 1.62. The van der Waals surface area contributed by atoms with Gasteiger partial charge in [-0.3, -0.25) is 14.2 Å². The fourth-order valence-electron chi connectivity index (χ4n) is 3.29. The number of aromatic nitrogens is 1. The summed E-state index contributed by atoms with van der Waals surface area (Å²) in [5, 5.41) is 0. The van der Waals surface area contributed by atoms with Gasteiger partial charge in [-0.1, -0.05) is 13.8 Å². The molecule has 1 aliphatic rings. The van der Waals surface area contributed by atoms with Crippen molar-refractivity contribution in [3.05, 3.63) is 34.3 Å². The number of hydrogen-bond acceptors (Lipinski definition) is 4. The molecule has 0 atom stereocenters. The molecule has 2 aromatic rings. The molecule has 0 unspecified atom stereocenters. The standard InChI is InChI=1S/C19H25N3O4/c1-13(2)11-17(23)21-7-4-8-22(10-9-21)18(24)14-5-6-16-15(12-14)20(3)19(25)26-16/h5-6,12-13H,4,7-11H2,1-3H3. The molecular formula is C19H25N3O4. The van der Waals surface area contributed by atoms with Gasteiger partial charge in [-0.05, 0) is 30.5 Å². The van der Waals surface area contributed by atoms with E-state index >= 15 is 0 Å². The molecule has 0 saturated carbocycles. The summed E-state index contributed by atoms with van der Waals surface area (Å²) in [6.45, 7) is 6.45. The van der Waals surface area contributed by atoms with Crippen LogP contribution in [0.1, 0.15) is 37.0 Å². The monoisotopic (exact) mass is 359 g/mol. The van der Waals surface area contributed by atoms with Crippen molar-refractivity contribution in [1.29, 1.82) is 0 Å². The van der Waals surface area contributed by atoms with Gasteiger partial charge in [0, 0.05) is 45.2 Å². The van der Waals surface area contributed by atoms with Crippen molar-refractivity contribution < 1.29 is 14.0 Å². The number of fused-ring (bicyclic) bond motifs is 1. The minimum absolute atomic E-state index is 0.0845. The molecule has 0 spiro atoms. The Morgan fingerprint density at radius 2 is 1.81 bits per heavy atom. The lowest BCUT2D eigenvalue weighted by Gasteiger charge is -2.23. The molecule has 0 radical (unpaired) electrons.